The fraction of sp³-hybridized carbons (Fsp3) is 0.200. The smallest absolute Gasteiger partial charge is 0.324 e. The third-order valence-corrected chi connectivity index (χ3v) is 5.96. The van der Waals surface area contributed by atoms with Crippen molar-refractivity contribution >= 4 is 39.0 Å². The van der Waals surface area contributed by atoms with Gasteiger partial charge in [0.25, 0.3) is 6.20 Å². The number of nitrogen functional groups attached to an aromatic ring is 1. The Morgan fingerprint density at radius 1 is 1.19 bits per heavy atom. The first-order valence-electron chi connectivity index (χ1n) is 9.51. The van der Waals surface area contributed by atoms with Crippen LogP contribution in [0.4, 0.5) is 16.0 Å². The number of halogens is 1. The molecule has 4 aromatic rings. The van der Waals surface area contributed by atoms with Crippen LogP contribution in [0.2, 0.25) is 0 Å². The molecule has 4 heterocycles. The Hall–Kier alpha value is -3.57. The maximum absolute atomic E-state index is 13.2. The molecule has 0 saturated carbocycles. The number of nitrogens with zero attached hydrogens (tertiary/aromatic N) is 5. The van der Waals surface area contributed by atoms with Gasteiger partial charge in [-0.25, -0.2) is 14.4 Å². The van der Waals surface area contributed by atoms with E-state index in [2.05, 4.69) is 15.2 Å². The minimum Gasteiger partial charge on any atom is -0.857 e. The summed E-state index contributed by atoms with van der Waals surface area (Å²) in [6, 6.07) is 9.62. The average Bonchev–Trinajstić information content (AvgIpc) is 3.39. The molecule has 0 radical (unpaired) electrons. The van der Waals surface area contributed by atoms with Crippen molar-refractivity contribution in [2.45, 2.75) is 0 Å². The molecule has 1 aliphatic heterocycles. The summed E-state index contributed by atoms with van der Waals surface area (Å²) in [5, 5.41) is 19.2. The number of nitrogens with two attached hydrogens (primary N) is 1. The summed E-state index contributed by atoms with van der Waals surface area (Å²) in [6.45, 7) is 2.51. The zero-order chi connectivity index (χ0) is 21.4. The number of rotatable bonds is 4. The van der Waals surface area contributed by atoms with Crippen LogP contribution in [0.1, 0.15) is 4.88 Å². The molecule has 31 heavy (non-hydrogen) atoms. The molecule has 1 aliphatic rings. The third kappa shape index (κ3) is 3.80. The Bertz CT molecular complexity index is 1260. The first-order chi connectivity index (χ1) is 15.1. The molecule has 0 bridgehead atoms. The van der Waals surface area contributed by atoms with E-state index in [4.69, 9.17) is 15.0 Å². The van der Waals surface area contributed by atoms with Crippen molar-refractivity contribution < 1.29 is 23.5 Å². The predicted octanol–water partition coefficient (Wildman–Crippen LogP) is 1.37. The topological polar surface area (TPSA) is 117 Å². The lowest BCUT2D eigenvalue weighted by atomic mass is 10.1. The maximum Gasteiger partial charge on any atom is 0.324 e. The minimum atomic E-state index is -0.533. The second-order valence-corrected chi connectivity index (χ2v) is 7.84. The fourth-order valence-electron chi connectivity index (χ4n) is 3.26. The minimum absolute atomic E-state index is 0.0771. The Kier molecular flexibility index (Phi) is 4.96. The first-order valence-corrected chi connectivity index (χ1v) is 10.3. The highest BCUT2D eigenvalue weighted by Gasteiger charge is 2.23. The first kappa shape index (κ1) is 19.4. The van der Waals surface area contributed by atoms with Crippen molar-refractivity contribution in [3.05, 3.63) is 53.3 Å². The summed E-state index contributed by atoms with van der Waals surface area (Å²) in [6.07, 6.45) is 1.54. The Labute approximate surface area is 179 Å². The van der Waals surface area contributed by atoms with Gasteiger partial charge in [0.05, 0.1) is 47.4 Å². The maximum atomic E-state index is 13.2. The number of ether oxygens (including phenoxy) is 1. The van der Waals surface area contributed by atoms with E-state index >= 15 is 0 Å². The summed E-state index contributed by atoms with van der Waals surface area (Å²) < 4.78 is 23.7. The molecule has 0 spiro atoms. The summed E-state index contributed by atoms with van der Waals surface area (Å²) in [4.78, 5) is 11.0. The van der Waals surface area contributed by atoms with Gasteiger partial charge in [0.15, 0.2) is 0 Å². The molecular weight excluding hydrogens is 423 g/mol. The highest BCUT2D eigenvalue weighted by Crippen LogP contribution is 2.34. The van der Waals surface area contributed by atoms with Crippen LogP contribution in [0.3, 0.4) is 0 Å². The van der Waals surface area contributed by atoms with Crippen molar-refractivity contribution in [3.63, 3.8) is 0 Å². The van der Waals surface area contributed by atoms with Crippen LogP contribution in [-0.2, 0) is 4.74 Å². The summed E-state index contributed by atoms with van der Waals surface area (Å²) in [7, 11) is 0. The largest absolute Gasteiger partial charge is 0.857 e. The number of benzene rings is 1. The van der Waals surface area contributed by atoms with Crippen molar-refractivity contribution in [3.8, 4) is 11.3 Å². The molecule has 1 aromatic carbocycles. The predicted molar refractivity (Wildman–Crippen MR) is 111 cm³/mol. The lowest BCUT2D eigenvalue weighted by molar-refractivity contribution is -0.759. The van der Waals surface area contributed by atoms with Crippen LogP contribution in [0.5, 0.6) is 0 Å². The normalized spacial score (nSPS) is 15.0. The van der Waals surface area contributed by atoms with Gasteiger partial charge < -0.3 is 15.6 Å². The van der Waals surface area contributed by atoms with E-state index in [1.807, 2.05) is 5.01 Å². The van der Waals surface area contributed by atoms with E-state index in [1.165, 1.54) is 23.1 Å². The van der Waals surface area contributed by atoms with E-state index in [1.54, 1.807) is 24.3 Å². The van der Waals surface area contributed by atoms with Gasteiger partial charge in [-0.2, -0.15) is 0 Å². The number of hydrogen-bond donors (Lipinski definition) is 1. The number of pyridine rings is 1. The molecule has 158 valence electrons. The quantitative estimate of drug-likeness (QED) is 0.289. The van der Waals surface area contributed by atoms with Crippen LogP contribution in [0.25, 0.3) is 21.5 Å². The van der Waals surface area contributed by atoms with E-state index < -0.39 is 5.90 Å². The van der Waals surface area contributed by atoms with Gasteiger partial charge in [-0.05, 0) is 36.4 Å². The van der Waals surface area contributed by atoms with Crippen LogP contribution in [0, 0.1) is 5.82 Å². The van der Waals surface area contributed by atoms with Gasteiger partial charge in [0.1, 0.15) is 10.6 Å². The van der Waals surface area contributed by atoms with Crippen molar-refractivity contribution in [2.24, 2.45) is 4.99 Å². The van der Waals surface area contributed by atoms with Crippen LogP contribution in [-0.4, -0.2) is 42.5 Å². The molecule has 0 amide bonds. The summed E-state index contributed by atoms with van der Waals surface area (Å²) >= 11 is 1.15. The van der Waals surface area contributed by atoms with E-state index in [0.717, 1.165) is 16.9 Å². The molecule has 0 unspecified atom stereocenters. The van der Waals surface area contributed by atoms with E-state index in [9.17, 15) is 9.50 Å². The van der Waals surface area contributed by atoms with Gasteiger partial charge in [-0.15, -0.1) is 16.3 Å². The number of fused-ring (bicyclic) bond motifs is 1. The molecular formula is C20H17FN6O3S. The molecule has 5 rings (SSSR count). The molecule has 9 nitrogen and oxygen atoms in total. The lowest BCUT2D eigenvalue weighted by Gasteiger charge is -2.18. The molecule has 0 atom stereocenters. The Balaban J connectivity index is 1.44. The molecule has 0 aliphatic carbocycles. The number of hydrogen-bond acceptors (Lipinski definition) is 9. The van der Waals surface area contributed by atoms with Gasteiger partial charge >= 0.3 is 5.88 Å². The highest BCUT2D eigenvalue weighted by atomic mass is 32.1. The second kappa shape index (κ2) is 7.93. The average molecular weight is 440 g/mol. The standard InChI is InChI=1S/C20H17FN6O3S/c21-13-3-1-12(2-4-13)15-6-5-14-17(22)18(31-20(14)23-15)19(28)24-16-11-27(25-30-16)26-7-9-29-10-8-26/h1-6,11H,7-10H2,(H2-,22,24,25,28). The van der Waals surface area contributed by atoms with Crippen LogP contribution in [0.15, 0.2) is 52.1 Å². The lowest BCUT2D eigenvalue weighted by Crippen LogP contribution is -2.62. The van der Waals surface area contributed by atoms with E-state index in [-0.39, 0.29) is 16.6 Å². The Morgan fingerprint density at radius 2 is 1.97 bits per heavy atom. The van der Waals surface area contributed by atoms with Crippen molar-refractivity contribution in [1.29, 1.82) is 0 Å². The second-order valence-electron chi connectivity index (χ2n) is 6.84. The third-order valence-electron chi connectivity index (χ3n) is 4.86. The van der Waals surface area contributed by atoms with Crippen molar-refractivity contribution in [2.75, 3.05) is 37.0 Å². The molecule has 1 fully saturated rings. The summed E-state index contributed by atoms with van der Waals surface area (Å²) in [5.74, 6) is -0.774. The zero-order valence-electron chi connectivity index (χ0n) is 16.2. The van der Waals surface area contributed by atoms with Crippen LogP contribution >= 0.6 is 11.3 Å². The number of aliphatic imine (C=N–C) groups is 1. The summed E-state index contributed by atoms with van der Waals surface area (Å²) in [5.41, 5.74) is 7.93. The van der Waals surface area contributed by atoms with Gasteiger partial charge in [0, 0.05) is 16.8 Å². The molecule has 1 saturated heterocycles. The van der Waals surface area contributed by atoms with Crippen molar-refractivity contribution in [1.82, 2.24) is 10.3 Å². The molecule has 2 N–H and O–H groups in total. The zero-order valence-corrected chi connectivity index (χ0v) is 17.0. The van der Waals surface area contributed by atoms with E-state index in [0.29, 0.717) is 47.9 Å². The SMILES string of the molecule is Nc1c(/C([O-])=N/c2c[n+](N3CCOCC3)no2)sc2nc(-c3ccc(F)cc3)ccc12. The number of anilines is 1. The fourth-order valence-corrected chi connectivity index (χ4v) is 4.24. The number of aromatic nitrogens is 3. The number of morpholine rings is 1. The number of thiophene rings is 1. The van der Waals surface area contributed by atoms with Gasteiger partial charge in [-0.3, -0.25) is 4.52 Å². The van der Waals surface area contributed by atoms with Gasteiger partial charge in [-0.1, -0.05) is 0 Å². The Morgan fingerprint density at radius 3 is 2.74 bits per heavy atom. The van der Waals surface area contributed by atoms with Gasteiger partial charge in [0.2, 0.25) is 5.27 Å². The highest BCUT2D eigenvalue weighted by molar-refractivity contribution is 7.21. The molecule has 11 heteroatoms. The van der Waals surface area contributed by atoms with Crippen LogP contribution < -0.4 is 20.6 Å². The monoisotopic (exact) mass is 440 g/mol. The molecule has 3 aromatic heterocycles.